The molecule has 0 spiro atoms. The Morgan fingerprint density at radius 2 is 1.80 bits per heavy atom. The predicted molar refractivity (Wildman–Crippen MR) is 129 cm³/mol. The molecule has 1 heterocycles. The summed E-state index contributed by atoms with van der Waals surface area (Å²) < 4.78 is 29.0. The fraction of sp³-hybridized carbons (Fsp3) is 0.348. The summed E-state index contributed by atoms with van der Waals surface area (Å²) in [4.78, 5) is 25.8. The van der Waals surface area contributed by atoms with Gasteiger partial charge in [-0.25, -0.2) is 18.3 Å². The van der Waals surface area contributed by atoms with Gasteiger partial charge >= 0.3 is 5.69 Å². The number of benzene rings is 2. The molecule has 0 saturated heterocycles. The zero-order valence-electron chi connectivity index (χ0n) is 18.5. The minimum Gasteiger partial charge on any atom is -0.396 e. The zero-order valence-corrected chi connectivity index (χ0v) is 20.7. The quantitative estimate of drug-likeness (QED) is 0.391. The van der Waals surface area contributed by atoms with Crippen molar-refractivity contribution in [1.29, 1.82) is 0 Å². The van der Waals surface area contributed by atoms with Crippen LogP contribution in [0.4, 0.5) is 8.78 Å². The number of hydrogen-bond acceptors (Lipinski definition) is 5. The molecule has 2 aromatic carbocycles. The number of aliphatic hydroxyl groups excluding tert-OH is 2. The van der Waals surface area contributed by atoms with Gasteiger partial charge in [-0.05, 0) is 35.9 Å². The molecule has 0 aliphatic carbocycles. The van der Waals surface area contributed by atoms with Gasteiger partial charge in [-0.2, -0.15) is 0 Å². The smallest absolute Gasteiger partial charge is 0.346 e. The highest BCUT2D eigenvalue weighted by atomic mass is 35.5. The van der Waals surface area contributed by atoms with Crippen LogP contribution < -0.4 is 5.69 Å². The molecule has 1 aromatic heterocycles. The third kappa shape index (κ3) is 6.48. The van der Waals surface area contributed by atoms with Gasteiger partial charge in [0.05, 0.1) is 23.2 Å². The lowest BCUT2D eigenvalue weighted by Gasteiger charge is -2.18. The Kier molecular flexibility index (Phi) is 8.72. The molecule has 35 heavy (non-hydrogen) atoms. The zero-order chi connectivity index (χ0) is 25.9. The Hall–Kier alpha value is -2.30. The summed E-state index contributed by atoms with van der Waals surface area (Å²) in [7, 11) is 0. The fourth-order valence-electron chi connectivity index (χ4n) is 3.47. The molecule has 188 valence electrons. The van der Waals surface area contributed by atoms with Crippen molar-refractivity contribution in [2.24, 2.45) is 0 Å². The van der Waals surface area contributed by atoms with Crippen molar-refractivity contribution in [3.05, 3.63) is 73.6 Å². The number of aromatic nitrogens is 3. The molecule has 2 N–H and O–H groups in total. The number of carbonyl (C=O) groups is 1. The highest BCUT2D eigenvalue weighted by Crippen LogP contribution is 2.32. The number of aliphatic hydroxyl groups is 2. The first-order valence-corrected chi connectivity index (χ1v) is 11.6. The van der Waals surface area contributed by atoms with Crippen LogP contribution in [0.2, 0.25) is 15.1 Å². The molecule has 0 amide bonds. The second kappa shape index (κ2) is 11.2. The van der Waals surface area contributed by atoms with Crippen LogP contribution in [0.3, 0.4) is 0 Å². The van der Waals surface area contributed by atoms with Crippen molar-refractivity contribution in [3.8, 4) is 11.4 Å². The number of alkyl halides is 2. The van der Waals surface area contributed by atoms with Gasteiger partial charge in [0.15, 0.2) is 11.6 Å². The predicted octanol–water partition coefficient (Wildman–Crippen LogP) is 4.42. The topological polar surface area (TPSA) is 97.3 Å². The third-order valence-corrected chi connectivity index (χ3v) is 6.49. The molecular formula is C23H22Cl3F2N3O4. The summed E-state index contributed by atoms with van der Waals surface area (Å²) in [5.41, 5.74) is -0.000700. The average molecular weight is 549 g/mol. The average Bonchev–Trinajstić information content (AvgIpc) is 3.09. The van der Waals surface area contributed by atoms with Gasteiger partial charge < -0.3 is 10.2 Å². The van der Waals surface area contributed by atoms with Crippen LogP contribution in [0.25, 0.3) is 11.4 Å². The molecule has 7 nitrogen and oxygen atoms in total. The molecule has 0 saturated carbocycles. The van der Waals surface area contributed by atoms with E-state index >= 15 is 0 Å². The summed E-state index contributed by atoms with van der Waals surface area (Å²) >= 11 is 18.1. The van der Waals surface area contributed by atoms with Gasteiger partial charge in [0.1, 0.15) is 12.6 Å². The number of carbonyl (C=O) groups excluding carboxylic acids is 1. The third-order valence-electron chi connectivity index (χ3n) is 5.41. The number of hydrogen-bond donors (Lipinski definition) is 2. The second-order valence-electron chi connectivity index (χ2n) is 8.12. The van der Waals surface area contributed by atoms with E-state index in [4.69, 9.17) is 34.8 Å². The van der Waals surface area contributed by atoms with Crippen molar-refractivity contribution >= 4 is 40.6 Å². The van der Waals surface area contributed by atoms with E-state index in [0.29, 0.717) is 23.1 Å². The Balaban J connectivity index is 1.91. The maximum absolute atomic E-state index is 13.6. The summed E-state index contributed by atoms with van der Waals surface area (Å²) in [6.07, 6.45) is -2.34. The maximum Gasteiger partial charge on any atom is 0.346 e. The Morgan fingerprint density at radius 3 is 2.40 bits per heavy atom. The van der Waals surface area contributed by atoms with Crippen LogP contribution in [-0.4, -0.2) is 49.0 Å². The number of rotatable bonds is 10. The summed E-state index contributed by atoms with van der Waals surface area (Å²) in [6, 6.07) is 11.0. The van der Waals surface area contributed by atoms with Crippen LogP contribution in [-0.2, 0) is 17.9 Å². The van der Waals surface area contributed by atoms with Crippen LogP contribution in [0, 0.1) is 0 Å². The van der Waals surface area contributed by atoms with Gasteiger partial charge in [-0.3, -0.25) is 9.36 Å². The molecule has 0 aliphatic heterocycles. The van der Waals surface area contributed by atoms with Crippen LogP contribution in [0.5, 0.6) is 0 Å². The van der Waals surface area contributed by atoms with Crippen molar-refractivity contribution in [2.45, 2.75) is 44.4 Å². The van der Waals surface area contributed by atoms with Crippen LogP contribution >= 0.6 is 34.8 Å². The normalized spacial score (nSPS) is 13.6. The molecule has 12 heteroatoms. The first-order valence-electron chi connectivity index (χ1n) is 10.5. The van der Waals surface area contributed by atoms with Crippen LogP contribution in [0.1, 0.15) is 24.8 Å². The SMILES string of the molecule is CC(F)(F)[C@@H](O)Cn1c(-c2ccc(Cl)cc2)nn(CC(=O)CC(CO)c2cccc(Cl)c2Cl)c1=O. The first kappa shape index (κ1) is 27.3. The van der Waals surface area contributed by atoms with Crippen molar-refractivity contribution < 1.29 is 23.8 Å². The van der Waals surface area contributed by atoms with Gasteiger partial charge in [0.2, 0.25) is 0 Å². The lowest BCUT2D eigenvalue weighted by atomic mass is 9.94. The molecule has 2 atom stereocenters. The monoisotopic (exact) mass is 547 g/mol. The van der Waals surface area contributed by atoms with Gasteiger partial charge in [0, 0.05) is 29.8 Å². The Morgan fingerprint density at radius 1 is 1.14 bits per heavy atom. The molecule has 1 unspecified atom stereocenters. The van der Waals surface area contributed by atoms with Gasteiger partial charge in [-0.1, -0.05) is 46.9 Å². The van der Waals surface area contributed by atoms with E-state index in [9.17, 15) is 28.6 Å². The summed E-state index contributed by atoms with van der Waals surface area (Å²) in [5.74, 6) is -4.63. The van der Waals surface area contributed by atoms with E-state index in [1.165, 1.54) is 24.3 Å². The van der Waals surface area contributed by atoms with E-state index in [1.54, 1.807) is 18.2 Å². The lowest BCUT2D eigenvalue weighted by molar-refractivity contribution is -0.120. The van der Waals surface area contributed by atoms with Crippen molar-refractivity contribution in [1.82, 2.24) is 14.3 Å². The fourth-order valence-corrected chi connectivity index (χ4v) is 4.06. The largest absolute Gasteiger partial charge is 0.396 e. The van der Waals surface area contributed by atoms with E-state index in [0.717, 1.165) is 9.25 Å². The lowest BCUT2D eigenvalue weighted by Crippen LogP contribution is -2.38. The van der Waals surface area contributed by atoms with Crippen LogP contribution in [0.15, 0.2) is 47.3 Å². The van der Waals surface area contributed by atoms with E-state index in [2.05, 4.69) is 5.10 Å². The highest BCUT2D eigenvalue weighted by molar-refractivity contribution is 6.42. The van der Waals surface area contributed by atoms with Crippen molar-refractivity contribution in [2.75, 3.05) is 6.61 Å². The minimum absolute atomic E-state index is 0.0145. The number of Topliss-reactive ketones (excluding diaryl/α,β-unsaturated/α-hetero) is 1. The molecule has 0 fully saturated rings. The Labute approximate surface area is 214 Å². The van der Waals surface area contributed by atoms with E-state index < -0.39 is 49.1 Å². The maximum atomic E-state index is 13.6. The second-order valence-corrected chi connectivity index (χ2v) is 9.34. The molecule has 0 radical (unpaired) electrons. The molecule has 3 aromatic rings. The number of halogens is 5. The molecule has 3 rings (SSSR count). The molecule has 0 aliphatic rings. The minimum atomic E-state index is -3.47. The molecule has 0 bridgehead atoms. The first-order chi connectivity index (χ1) is 16.4. The number of ketones is 1. The van der Waals surface area contributed by atoms with E-state index in [1.807, 2.05) is 0 Å². The highest BCUT2D eigenvalue weighted by Gasteiger charge is 2.34. The Bertz CT molecular complexity index is 1260. The van der Waals surface area contributed by atoms with E-state index in [-0.39, 0.29) is 22.3 Å². The summed E-state index contributed by atoms with van der Waals surface area (Å²) in [5, 5.41) is 24.8. The van der Waals surface area contributed by atoms with Gasteiger partial charge in [0.25, 0.3) is 5.92 Å². The molecular weight excluding hydrogens is 527 g/mol. The summed E-state index contributed by atoms with van der Waals surface area (Å²) in [6.45, 7) is -1.09. The standard InChI is InChI=1S/C23H22Cl3F2N3O4/c1-23(27,28)19(34)11-30-21(13-5-7-15(24)8-6-13)29-31(22(30)35)10-16(33)9-14(12-32)17-3-2-4-18(25)20(17)26/h2-8,14,19,32,34H,9-12H2,1H3/t14?,19-/m0/s1. The van der Waals surface area contributed by atoms with Crippen molar-refractivity contribution in [3.63, 3.8) is 0 Å². The number of nitrogens with zero attached hydrogens (tertiary/aromatic N) is 3. The van der Waals surface area contributed by atoms with Gasteiger partial charge in [-0.15, -0.1) is 5.10 Å².